The van der Waals surface area contributed by atoms with E-state index in [4.69, 9.17) is 10.2 Å². The van der Waals surface area contributed by atoms with Crippen LogP contribution in [0, 0.1) is 11.3 Å². The van der Waals surface area contributed by atoms with E-state index < -0.39 is 18.8 Å². The number of nitriles is 1. The summed E-state index contributed by atoms with van der Waals surface area (Å²) in [6.07, 6.45) is 2.55. The quantitative estimate of drug-likeness (QED) is 0.259. The number of carbonyl (C=O) groups is 1. The van der Waals surface area contributed by atoms with Gasteiger partial charge in [0.2, 0.25) is 0 Å². The summed E-state index contributed by atoms with van der Waals surface area (Å²) >= 11 is 1.67. The zero-order valence-corrected chi connectivity index (χ0v) is 21.9. The zero-order valence-electron chi connectivity index (χ0n) is 19.3. The molecule has 0 aliphatic carbocycles. The van der Waals surface area contributed by atoms with Crippen molar-refractivity contribution in [3.05, 3.63) is 35.5 Å². The van der Waals surface area contributed by atoms with Gasteiger partial charge in [0.05, 0.1) is 16.8 Å². The molecule has 0 fully saturated rings. The number of pyridine rings is 1. The van der Waals surface area contributed by atoms with Gasteiger partial charge >= 0.3 is 0 Å². The largest absolute Gasteiger partial charge is 0.417 e. The number of amides is 1. The van der Waals surface area contributed by atoms with E-state index in [0.29, 0.717) is 16.5 Å². The molecule has 1 atom stereocenters. The van der Waals surface area contributed by atoms with Crippen LogP contribution >= 0.6 is 22.2 Å². The Morgan fingerprint density at radius 3 is 2.75 bits per heavy atom. The molecule has 170 valence electrons. The highest BCUT2D eigenvalue weighted by Crippen LogP contribution is 2.37. The third kappa shape index (κ3) is 5.67. The highest BCUT2D eigenvalue weighted by molar-refractivity contribution is 8.28. The van der Waals surface area contributed by atoms with E-state index in [1.807, 2.05) is 23.6 Å². The van der Waals surface area contributed by atoms with Crippen LogP contribution in [0.2, 0.25) is 18.1 Å². The molecule has 0 radical (unpaired) electrons. The molecule has 2 heterocycles. The van der Waals surface area contributed by atoms with E-state index in [9.17, 15) is 10.1 Å². The van der Waals surface area contributed by atoms with Crippen LogP contribution in [0.5, 0.6) is 0 Å². The molecule has 1 aliphatic heterocycles. The molecule has 1 amide bonds. The molecule has 0 saturated heterocycles. The number of benzene rings is 1. The van der Waals surface area contributed by atoms with Crippen LogP contribution in [-0.4, -0.2) is 47.9 Å². The van der Waals surface area contributed by atoms with Crippen LogP contribution in [0.25, 0.3) is 10.9 Å². The topological polar surface area (TPSA) is 101 Å². The van der Waals surface area contributed by atoms with Crippen molar-refractivity contribution in [3.63, 3.8) is 0 Å². The Morgan fingerprint density at radius 1 is 1.38 bits per heavy atom. The lowest BCUT2D eigenvalue weighted by molar-refractivity contribution is -0.115. The maximum atomic E-state index is 11.6. The van der Waals surface area contributed by atoms with Gasteiger partial charge in [-0.15, -0.1) is 22.2 Å². The Bertz CT molecular complexity index is 1150. The minimum Gasteiger partial charge on any atom is -0.417 e. The number of rotatable bonds is 7. The molecule has 3 rings (SSSR count). The first-order chi connectivity index (χ1) is 15.0. The van der Waals surface area contributed by atoms with E-state index in [1.54, 1.807) is 18.0 Å². The van der Waals surface area contributed by atoms with Gasteiger partial charge in [0, 0.05) is 28.8 Å². The summed E-state index contributed by atoms with van der Waals surface area (Å²) in [4.78, 5) is 20.8. The summed E-state index contributed by atoms with van der Waals surface area (Å²) < 4.78 is 6.28. The molecule has 32 heavy (non-hydrogen) atoms. The highest BCUT2D eigenvalue weighted by Gasteiger charge is 2.36. The highest BCUT2D eigenvalue weighted by atomic mass is 32.2. The number of hydrogen-bond donors (Lipinski definition) is 1. The van der Waals surface area contributed by atoms with Crippen molar-refractivity contribution >= 4 is 57.9 Å². The second kappa shape index (κ2) is 9.87. The van der Waals surface area contributed by atoms with Crippen LogP contribution in [0.3, 0.4) is 0 Å². The monoisotopic (exact) mass is 486 g/mol. The molecule has 2 aromatic rings. The van der Waals surface area contributed by atoms with Crippen LogP contribution in [-0.2, 0) is 9.22 Å². The smallest absolute Gasteiger partial charge is 0.258 e. The maximum Gasteiger partial charge on any atom is 0.258 e. The molecule has 1 aromatic carbocycles. The van der Waals surface area contributed by atoms with Crippen molar-refractivity contribution in [1.29, 1.82) is 5.26 Å². The lowest BCUT2D eigenvalue weighted by atomic mass is 10.1. The van der Waals surface area contributed by atoms with Crippen LogP contribution in [0.15, 0.2) is 34.3 Å². The predicted molar refractivity (Wildman–Crippen MR) is 139 cm³/mol. The molecular weight excluding hydrogens is 456 g/mol. The summed E-state index contributed by atoms with van der Waals surface area (Å²) in [6, 6.07) is 8.22. The number of nitrogens with zero attached hydrogens (tertiary/aromatic N) is 3. The average molecular weight is 487 g/mol. The van der Waals surface area contributed by atoms with Gasteiger partial charge in [0.25, 0.3) is 5.91 Å². The fraction of sp³-hybridized carbons (Fsp3) is 0.435. The van der Waals surface area contributed by atoms with Gasteiger partial charge in [0.1, 0.15) is 6.07 Å². The van der Waals surface area contributed by atoms with Crippen LogP contribution in [0.1, 0.15) is 38.3 Å². The number of nitrogens with two attached hydrogens (primary N) is 1. The molecule has 0 spiro atoms. The minimum atomic E-state index is -1.75. The minimum absolute atomic E-state index is 0.174. The Morgan fingerprint density at radius 2 is 2.12 bits per heavy atom. The normalized spacial score (nSPS) is 17.1. The summed E-state index contributed by atoms with van der Waals surface area (Å²) in [5, 5.41) is 13.2. The van der Waals surface area contributed by atoms with E-state index in [-0.39, 0.29) is 10.9 Å². The first-order valence-electron chi connectivity index (χ1n) is 10.5. The van der Waals surface area contributed by atoms with E-state index >= 15 is 0 Å². The van der Waals surface area contributed by atoms with E-state index in [0.717, 1.165) is 40.1 Å². The Labute approximate surface area is 197 Å². The summed E-state index contributed by atoms with van der Waals surface area (Å²) in [7, 11) is -2.24. The molecular formula is C23H30N4O2S2Si. The standard InChI is InChI=1S/C23H30N4O2S2Si/c1-23(2,3)32(4,5)29-9-6-10-30-21-17(12-24)13-26-19-8-7-16(11-18(19)21)14-31-15-20(28)27-22(31)25/h7-8,11,13-14H,6,9-10,15H2,1-5H3,(H2,25,27,28). The first-order valence-corrected chi connectivity index (χ1v) is 15.9. The van der Waals surface area contributed by atoms with Crippen molar-refractivity contribution < 1.29 is 9.22 Å². The lowest BCUT2D eigenvalue weighted by Crippen LogP contribution is -2.41. The van der Waals surface area contributed by atoms with Crippen LogP contribution < -0.4 is 5.73 Å². The van der Waals surface area contributed by atoms with Gasteiger partial charge < -0.3 is 10.2 Å². The van der Waals surface area contributed by atoms with E-state index in [2.05, 4.69) is 49.9 Å². The predicted octanol–water partition coefficient (Wildman–Crippen LogP) is 4.88. The lowest BCUT2D eigenvalue weighted by Gasteiger charge is -2.36. The van der Waals surface area contributed by atoms with E-state index in [1.165, 1.54) is 0 Å². The molecule has 0 bridgehead atoms. The van der Waals surface area contributed by atoms with Crippen molar-refractivity contribution in [3.8, 4) is 6.07 Å². The molecule has 1 aliphatic rings. The van der Waals surface area contributed by atoms with Gasteiger partial charge in [0.15, 0.2) is 13.5 Å². The third-order valence-electron chi connectivity index (χ3n) is 5.83. The Balaban J connectivity index is 1.78. The third-order valence-corrected chi connectivity index (χ3v) is 13.3. The van der Waals surface area contributed by atoms with Gasteiger partial charge in [-0.1, -0.05) is 26.8 Å². The maximum absolute atomic E-state index is 11.6. The first kappa shape index (κ1) is 24.6. The van der Waals surface area contributed by atoms with Crippen LogP contribution in [0.4, 0.5) is 0 Å². The Kier molecular flexibility index (Phi) is 7.60. The number of aliphatic imine (C=N–C) groups is 1. The number of thioether (sulfide) groups is 1. The number of aromatic nitrogens is 1. The average Bonchev–Trinajstić information content (AvgIpc) is 3.03. The summed E-state index contributed by atoms with van der Waals surface area (Å²) in [5.74, 6) is 1.01. The van der Waals surface area contributed by atoms with Gasteiger partial charge in [-0.3, -0.25) is 9.78 Å². The van der Waals surface area contributed by atoms with Gasteiger partial charge in [-0.05, 0) is 47.6 Å². The fourth-order valence-corrected chi connectivity index (χ4v) is 6.46. The molecule has 9 heteroatoms. The number of fused-ring (bicyclic) bond motifs is 1. The number of amidine groups is 1. The number of hydrogen-bond acceptors (Lipinski definition) is 6. The second-order valence-electron chi connectivity index (χ2n) is 9.23. The molecule has 0 saturated carbocycles. The molecule has 6 nitrogen and oxygen atoms in total. The second-order valence-corrected chi connectivity index (χ2v) is 16.9. The summed E-state index contributed by atoms with van der Waals surface area (Å²) in [5.41, 5.74) is 8.27. The zero-order chi connectivity index (χ0) is 23.5. The van der Waals surface area contributed by atoms with Crippen molar-refractivity contribution in [2.45, 2.75) is 50.2 Å². The van der Waals surface area contributed by atoms with Gasteiger partial charge in [-0.25, -0.2) is 0 Å². The Hall–Kier alpha value is -1.99. The van der Waals surface area contributed by atoms with Gasteiger partial charge in [-0.2, -0.15) is 10.3 Å². The molecule has 1 unspecified atom stereocenters. The molecule has 1 aromatic heterocycles. The fourth-order valence-electron chi connectivity index (χ4n) is 2.96. The summed E-state index contributed by atoms with van der Waals surface area (Å²) in [6.45, 7) is 12.0. The van der Waals surface area contributed by atoms with Crippen molar-refractivity contribution in [2.24, 2.45) is 10.7 Å². The number of carbonyl (C=O) groups excluding carboxylic acids is 1. The van der Waals surface area contributed by atoms with Crippen molar-refractivity contribution in [2.75, 3.05) is 18.1 Å². The molecule has 2 N–H and O–H groups in total. The SMILES string of the molecule is CC(C)(C)[Si](C)(C)OCCCSc1c(C#N)cnc2ccc(C=S3CC(=O)N=C3N)cc12. The van der Waals surface area contributed by atoms with Crippen molar-refractivity contribution in [1.82, 2.24) is 4.98 Å².